The van der Waals surface area contributed by atoms with Crippen molar-refractivity contribution >= 4 is 0 Å². The molecule has 0 fully saturated rings. The molecule has 4 aromatic rings. The van der Waals surface area contributed by atoms with Crippen molar-refractivity contribution in [3.05, 3.63) is 108 Å². The number of ether oxygens (including phenoxy) is 1. The van der Waals surface area contributed by atoms with E-state index in [1.54, 1.807) is 0 Å². The predicted octanol–water partition coefficient (Wildman–Crippen LogP) is 5.92. The molecule has 1 N–H and O–H groups in total. The number of aliphatic hydroxyl groups is 1. The van der Waals surface area contributed by atoms with Crippen molar-refractivity contribution in [2.75, 3.05) is 13.1 Å². The molecule has 4 rings (SSSR count). The Labute approximate surface area is 195 Å². The molecule has 1 aromatic heterocycles. The Kier molecular flexibility index (Phi) is 7.55. The summed E-state index contributed by atoms with van der Waals surface area (Å²) in [5, 5.41) is 15.7. The lowest BCUT2D eigenvalue weighted by atomic mass is 10.1. The van der Waals surface area contributed by atoms with Gasteiger partial charge in [-0.25, -0.2) is 4.68 Å². The molecule has 0 bridgehead atoms. The maximum absolute atomic E-state index is 10.9. The van der Waals surface area contributed by atoms with E-state index >= 15 is 0 Å². The quantitative estimate of drug-likeness (QED) is 0.332. The van der Waals surface area contributed by atoms with Crippen LogP contribution in [0, 0.1) is 6.92 Å². The first-order valence-electron chi connectivity index (χ1n) is 11.5. The Balaban J connectivity index is 1.66. The lowest BCUT2D eigenvalue weighted by molar-refractivity contribution is 0.108. The third-order valence-electron chi connectivity index (χ3n) is 5.63. The predicted molar refractivity (Wildman–Crippen MR) is 132 cm³/mol. The lowest BCUT2D eigenvalue weighted by Gasteiger charge is -2.25. The largest absolute Gasteiger partial charge is 0.439 e. The molecule has 0 aliphatic rings. The standard InChI is InChI=1S/C28H31N3O2/c1-3-19-30(21-27(32)23-13-7-4-8-14-23)20-26-22(2)29-31(24-15-9-5-10-16-24)28(26)33-25-17-11-6-12-18-25/h4-18,27,32H,3,19-21H2,1-2H3. The number of nitrogens with zero attached hydrogens (tertiary/aromatic N) is 3. The molecule has 1 unspecified atom stereocenters. The van der Waals surface area contributed by atoms with Crippen LogP contribution in [0.25, 0.3) is 5.69 Å². The number of para-hydroxylation sites is 2. The average molecular weight is 442 g/mol. The van der Waals surface area contributed by atoms with Gasteiger partial charge in [-0.3, -0.25) is 4.90 Å². The summed E-state index contributed by atoms with van der Waals surface area (Å²) in [6.45, 7) is 6.22. The van der Waals surface area contributed by atoms with Crippen LogP contribution in [0.4, 0.5) is 0 Å². The second-order valence-corrected chi connectivity index (χ2v) is 8.19. The number of hydrogen-bond donors (Lipinski definition) is 1. The minimum absolute atomic E-state index is 0.540. The van der Waals surface area contributed by atoms with Gasteiger partial charge >= 0.3 is 0 Å². The van der Waals surface area contributed by atoms with Crippen LogP contribution < -0.4 is 4.74 Å². The molecule has 33 heavy (non-hydrogen) atoms. The number of rotatable bonds is 10. The van der Waals surface area contributed by atoms with Gasteiger partial charge in [0.2, 0.25) is 5.88 Å². The Bertz CT molecular complexity index is 1130. The number of aromatic nitrogens is 2. The molecule has 1 heterocycles. The minimum Gasteiger partial charge on any atom is -0.439 e. The van der Waals surface area contributed by atoms with Crippen LogP contribution in [-0.4, -0.2) is 32.9 Å². The first-order valence-corrected chi connectivity index (χ1v) is 11.5. The van der Waals surface area contributed by atoms with Crippen LogP contribution in [-0.2, 0) is 6.54 Å². The third-order valence-corrected chi connectivity index (χ3v) is 5.63. The monoisotopic (exact) mass is 441 g/mol. The van der Waals surface area contributed by atoms with Gasteiger partial charge in [-0.05, 0) is 49.7 Å². The highest BCUT2D eigenvalue weighted by molar-refractivity contribution is 5.43. The Hall–Kier alpha value is -3.41. The van der Waals surface area contributed by atoms with Crippen LogP contribution in [0.2, 0.25) is 0 Å². The van der Waals surface area contributed by atoms with Crippen molar-refractivity contribution in [3.63, 3.8) is 0 Å². The van der Waals surface area contributed by atoms with Crippen molar-refractivity contribution in [2.24, 2.45) is 0 Å². The summed E-state index contributed by atoms with van der Waals surface area (Å²) >= 11 is 0. The van der Waals surface area contributed by atoms with Gasteiger partial charge in [-0.15, -0.1) is 0 Å². The highest BCUT2D eigenvalue weighted by atomic mass is 16.5. The average Bonchev–Trinajstić information content (AvgIpc) is 3.15. The van der Waals surface area contributed by atoms with E-state index in [0.29, 0.717) is 19.0 Å². The van der Waals surface area contributed by atoms with E-state index in [1.807, 2.05) is 103 Å². The Morgan fingerprint density at radius 3 is 2.15 bits per heavy atom. The first kappa shape index (κ1) is 22.8. The summed E-state index contributed by atoms with van der Waals surface area (Å²) in [7, 11) is 0. The summed E-state index contributed by atoms with van der Waals surface area (Å²) in [5.41, 5.74) is 3.82. The van der Waals surface area contributed by atoms with E-state index in [4.69, 9.17) is 9.84 Å². The SMILES string of the molecule is CCCN(Cc1c(C)nn(-c2ccccc2)c1Oc1ccccc1)CC(O)c1ccccc1. The molecule has 0 aliphatic heterocycles. The molecular weight excluding hydrogens is 410 g/mol. The van der Waals surface area contributed by atoms with Gasteiger partial charge in [0.1, 0.15) is 5.75 Å². The van der Waals surface area contributed by atoms with Gasteiger partial charge in [0.25, 0.3) is 0 Å². The fraction of sp³-hybridized carbons (Fsp3) is 0.250. The van der Waals surface area contributed by atoms with Crippen molar-refractivity contribution in [1.29, 1.82) is 0 Å². The first-order chi connectivity index (χ1) is 16.2. The smallest absolute Gasteiger partial charge is 0.227 e. The Morgan fingerprint density at radius 1 is 0.909 bits per heavy atom. The summed E-state index contributed by atoms with van der Waals surface area (Å²) in [5.74, 6) is 1.47. The molecule has 1 atom stereocenters. The minimum atomic E-state index is -0.555. The van der Waals surface area contributed by atoms with Crippen molar-refractivity contribution in [1.82, 2.24) is 14.7 Å². The molecule has 0 radical (unpaired) electrons. The van der Waals surface area contributed by atoms with Gasteiger partial charge in [0.05, 0.1) is 23.0 Å². The zero-order chi connectivity index (χ0) is 23.0. The third kappa shape index (κ3) is 5.69. The topological polar surface area (TPSA) is 50.5 Å². The summed E-state index contributed by atoms with van der Waals surface area (Å²) in [6, 6.07) is 29.7. The maximum atomic E-state index is 10.9. The normalized spacial score (nSPS) is 12.1. The zero-order valence-corrected chi connectivity index (χ0v) is 19.3. The highest BCUT2D eigenvalue weighted by Gasteiger charge is 2.22. The van der Waals surface area contributed by atoms with E-state index in [1.165, 1.54) is 0 Å². The number of aliphatic hydroxyl groups excluding tert-OH is 1. The van der Waals surface area contributed by atoms with Crippen molar-refractivity contribution in [2.45, 2.75) is 32.9 Å². The van der Waals surface area contributed by atoms with Crippen molar-refractivity contribution in [3.8, 4) is 17.3 Å². The highest BCUT2D eigenvalue weighted by Crippen LogP contribution is 2.32. The van der Waals surface area contributed by atoms with E-state index in [2.05, 4.69) is 11.8 Å². The number of aryl methyl sites for hydroxylation is 1. The lowest BCUT2D eigenvalue weighted by Crippen LogP contribution is -2.29. The zero-order valence-electron chi connectivity index (χ0n) is 19.3. The van der Waals surface area contributed by atoms with E-state index in [-0.39, 0.29) is 0 Å². The number of hydrogen-bond acceptors (Lipinski definition) is 4. The summed E-state index contributed by atoms with van der Waals surface area (Å²) in [6.07, 6.45) is 0.433. The second-order valence-electron chi connectivity index (χ2n) is 8.19. The fourth-order valence-corrected chi connectivity index (χ4v) is 3.97. The molecule has 5 heteroatoms. The molecule has 0 saturated heterocycles. The summed E-state index contributed by atoms with van der Waals surface area (Å²) < 4.78 is 8.27. The molecule has 0 saturated carbocycles. The van der Waals surface area contributed by atoms with Gasteiger partial charge in [-0.2, -0.15) is 5.10 Å². The van der Waals surface area contributed by atoms with E-state index in [0.717, 1.165) is 41.2 Å². The summed E-state index contributed by atoms with van der Waals surface area (Å²) in [4.78, 5) is 2.27. The van der Waals surface area contributed by atoms with E-state index in [9.17, 15) is 5.11 Å². The van der Waals surface area contributed by atoms with Crippen LogP contribution in [0.3, 0.4) is 0 Å². The van der Waals surface area contributed by atoms with Gasteiger partial charge in [0, 0.05) is 13.1 Å². The number of benzene rings is 3. The van der Waals surface area contributed by atoms with Gasteiger partial charge < -0.3 is 9.84 Å². The van der Waals surface area contributed by atoms with Crippen LogP contribution >= 0.6 is 0 Å². The molecule has 0 amide bonds. The van der Waals surface area contributed by atoms with E-state index < -0.39 is 6.10 Å². The van der Waals surface area contributed by atoms with Gasteiger partial charge in [-0.1, -0.05) is 73.7 Å². The molecule has 5 nitrogen and oxygen atoms in total. The van der Waals surface area contributed by atoms with Crippen LogP contribution in [0.1, 0.15) is 36.3 Å². The molecule has 3 aromatic carbocycles. The maximum Gasteiger partial charge on any atom is 0.227 e. The molecular formula is C28H31N3O2. The van der Waals surface area contributed by atoms with Crippen LogP contribution in [0.5, 0.6) is 11.6 Å². The second kappa shape index (κ2) is 10.9. The fourth-order valence-electron chi connectivity index (χ4n) is 3.97. The molecule has 0 spiro atoms. The Morgan fingerprint density at radius 2 is 1.52 bits per heavy atom. The van der Waals surface area contributed by atoms with Crippen molar-refractivity contribution < 1.29 is 9.84 Å². The molecule has 170 valence electrons. The molecule has 0 aliphatic carbocycles. The van der Waals surface area contributed by atoms with Gasteiger partial charge in [0.15, 0.2) is 0 Å². The van der Waals surface area contributed by atoms with Crippen LogP contribution in [0.15, 0.2) is 91.0 Å².